The number of aryl methyl sites for hydroxylation is 1. The maximum atomic E-state index is 8.65. The van der Waals surface area contributed by atoms with Gasteiger partial charge in [0.05, 0.1) is 0 Å². The third-order valence-electron chi connectivity index (χ3n) is 1.12. The lowest BCUT2D eigenvalue weighted by Crippen LogP contribution is -2.04. The second-order valence-electron chi connectivity index (χ2n) is 2.03. The Morgan fingerprint density at radius 2 is 1.45 bits per heavy atom. The van der Waals surface area contributed by atoms with Gasteiger partial charge in [0, 0.05) is 0 Å². The lowest BCUT2D eigenvalue weighted by Gasteiger charge is -1.98. The molecule has 0 atom stereocenters. The molecule has 0 aliphatic heterocycles. The molecule has 5 nitrogen and oxygen atoms in total. The predicted molar refractivity (Wildman–Crippen MR) is 36.4 cm³/mol. The molecular weight excluding hydrogens is 146 g/mol. The molecule has 0 aliphatic rings. The van der Waals surface area contributed by atoms with Crippen LogP contribution in [-0.2, 0) is 13.2 Å². The van der Waals surface area contributed by atoms with E-state index in [0.29, 0.717) is 17.5 Å². The summed E-state index contributed by atoms with van der Waals surface area (Å²) in [5.74, 6) is 1.09. The Hall–Kier alpha value is -1.07. The summed E-state index contributed by atoms with van der Waals surface area (Å²) in [5.41, 5.74) is 0. The van der Waals surface area contributed by atoms with Gasteiger partial charge in [0.25, 0.3) is 0 Å². The molecule has 0 unspecified atom stereocenters. The number of aliphatic hydroxyl groups is 2. The second kappa shape index (κ2) is 3.36. The van der Waals surface area contributed by atoms with E-state index in [4.69, 9.17) is 10.2 Å². The normalized spacial score (nSPS) is 10.1. The van der Waals surface area contributed by atoms with E-state index in [1.807, 2.05) is 0 Å². The largest absolute Gasteiger partial charge is 0.388 e. The molecule has 0 spiro atoms. The van der Waals surface area contributed by atoms with E-state index in [1.165, 1.54) is 0 Å². The van der Waals surface area contributed by atoms with Crippen LogP contribution >= 0.6 is 0 Å². The molecule has 0 saturated heterocycles. The highest BCUT2D eigenvalue weighted by Gasteiger charge is 2.00. The minimum absolute atomic E-state index is 0.226. The van der Waals surface area contributed by atoms with Crippen LogP contribution in [0.3, 0.4) is 0 Å². The fraction of sp³-hybridized carbons (Fsp3) is 0.500. The highest BCUT2D eigenvalue weighted by atomic mass is 16.3. The molecule has 11 heavy (non-hydrogen) atoms. The molecule has 0 aliphatic carbocycles. The Bertz CT molecular complexity index is 229. The van der Waals surface area contributed by atoms with E-state index in [2.05, 4.69) is 15.0 Å². The molecule has 0 amide bonds. The van der Waals surface area contributed by atoms with Crippen molar-refractivity contribution in [3.8, 4) is 0 Å². The fourth-order valence-corrected chi connectivity index (χ4v) is 0.739. The summed E-state index contributed by atoms with van der Waals surface area (Å²) < 4.78 is 0. The van der Waals surface area contributed by atoms with E-state index in [9.17, 15) is 0 Å². The van der Waals surface area contributed by atoms with Crippen LogP contribution in [0.5, 0.6) is 0 Å². The number of rotatable bonds is 2. The lowest BCUT2D eigenvalue weighted by atomic mass is 10.5. The van der Waals surface area contributed by atoms with Gasteiger partial charge in [-0.3, -0.25) is 0 Å². The van der Waals surface area contributed by atoms with Crippen molar-refractivity contribution in [2.24, 2.45) is 0 Å². The van der Waals surface area contributed by atoms with Gasteiger partial charge in [-0.05, 0) is 6.92 Å². The zero-order chi connectivity index (χ0) is 8.27. The molecular formula is C6H9N3O2. The zero-order valence-corrected chi connectivity index (χ0v) is 6.15. The van der Waals surface area contributed by atoms with Crippen molar-refractivity contribution in [1.29, 1.82) is 0 Å². The molecule has 1 rings (SSSR count). The molecule has 1 heterocycles. The summed E-state index contributed by atoms with van der Waals surface area (Å²) in [7, 11) is 0. The molecule has 0 saturated carbocycles. The van der Waals surface area contributed by atoms with Gasteiger partial charge in [-0.25, -0.2) is 15.0 Å². The van der Waals surface area contributed by atoms with Gasteiger partial charge >= 0.3 is 0 Å². The average Bonchev–Trinajstić information content (AvgIpc) is 2.03. The molecule has 0 aromatic carbocycles. The Morgan fingerprint density at radius 1 is 1.00 bits per heavy atom. The van der Waals surface area contributed by atoms with E-state index in [-0.39, 0.29) is 13.2 Å². The first kappa shape index (κ1) is 8.03. The van der Waals surface area contributed by atoms with Crippen LogP contribution < -0.4 is 0 Å². The fourth-order valence-electron chi connectivity index (χ4n) is 0.739. The highest BCUT2D eigenvalue weighted by Crippen LogP contribution is 1.94. The smallest absolute Gasteiger partial charge is 0.158 e. The third-order valence-corrected chi connectivity index (χ3v) is 1.12. The standard InChI is InChI=1S/C6H9N3O2/c1-4-7-5(2-10)9-6(3-11)8-4/h10-11H,2-3H2,1H3. The number of hydrogen-bond acceptors (Lipinski definition) is 5. The van der Waals surface area contributed by atoms with Gasteiger partial charge in [-0.2, -0.15) is 0 Å². The Labute approximate surface area is 63.8 Å². The topological polar surface area (TPSA) is 79.1 Å². The maximum absolute atomic E-state index is 8.65. The van der Waals surface area contributed by atoms with Gasteiger partial charge in [0.2, 0.25) is 0 Å². The SMILES string of the molecule is Cc1nc(CO)nc(CO)n1. The summed E-state index contributed by atoms with van der Waals surface area (Å²) in [6.07, 6.45) is 0. The summed E-state index contributed by atoms with van der Waals surface area (Å²) in [5, 5.41) is 17.3. The van der Waals surface area contributed by atoms with Crippen LogP contribution in [0.1, 0.15) is 17.5 Å². The van der Waals surface area contributed by atoms with E-state index >= 15 is 0 Å². The van der Waals surface area contributed by atoms with E-state index in [0.717, 1.165) is 0 Å². The first-order chi connectivity index (χ1) is 5.26. The van der Waals surface area contributed by atoms with Gasteiger partial charge in [0.1, 0.15) is 19.0 Å². The minimum atomic E-state index is -0.226. The minimum Gasteiger partial charge on any atom is -0.388 e. The van der Waals surface area contributed by atoms with Gasteiger partial charge in [0.15, 0.2) is 11.6 Å². The van der Waals surface area contributed by atoms with Crippen LogP contribution in [0.4, 0.5) is 0 Å². The van der Waals surface area contributed by atoms with Crippen LogP contribution in [0, 0.1) is 6.92 Å². The molecule has 1 aromatic rings. The maximum Gasteiger partial charge on any atom is 0.158 e. The number of nitrogens with zero attached hydrogens (tertiary/aromatic N) is 3. The van der Waals surface area contributed by atoms with Gasteiger partial charge in [-0.1, -0.05) is 0 Å². The van der Waals surface area contributed by atoms with Gasteiger partial charge < -0.3 is 10.2 Å². The summed E-state index contributed by atoms with van der Waals surface area (Å²) >= 11 is 0. The molecule has 60 valence electrons. The quantitative estimate of drug-likeness (QED) is 0.582. The Balaban J connectivity index is 3.02. The Morgan fingerprint density at radius 3 is 1.82 bits per heavy atom. The third kappa shape index (κ3) is 1.92. The van der Waals surface area contributed by atoms with E-state index in [1.54, 1.807) is 6.92 Å². The summed E-state index contributed by atoms with van der Waals surface area (Å²) in [4.78, 5) is 11.4. The molecule has 1 aromatic heterocycles. The van der Waals surface area contributed by atoms with Gasteiger partial charge in [-0.15, -0.1) is 0 Å². The van der Waals surface area contributed by atoms with Crippen molar-refractivity contribution in [2.75, 3.05) is 0 Å². The Kier molecular flexibility index (Phi) is 2.45. The first-order valence-corrected chi connectivity index (χ1v) is 3.18. The highest BCUT2D eigenvalue weighted by molar-refractivity contribution is 4.93. The second-order valence-corrected chi connectivity index (χ2v) is 2.03. The van der Waals surface area contributed by atoms with Crippen molar-refractivity contribution < 1.29 is 10.2 Å². The monoisotopic (exact) mass is 155 g/mol. The van der Waals surface area contributed by atoms with E-state index < -0.39 is 0 Å². The van der Waals surface area contributed by atoms with Crippen molar-refractivity contribution >= 4 is 0 Å². The summed E-state index contributed by atoms with van der Waals surface area (Å²) in [6.45, 7) is 1.23. The van der Waals surface area contributed by atoms with Crippen LogP contribution in [0.25, 0.3) is 0 Å². The van der Waals surface area contributed by atoms with Crippen molar-refractivity contribution in [2.45, 2.75) is 20.1 Å². The average molecular weight is 155 g/mol. The zero-order valence-electron chi connectivity index (χ0n) is 6.15. The lowest BCUT2D eigenvalue weighted by molar-refractivity contribution is 0.256. The van der Waals surface area contributed by atoms with Crippen molar-refractivity contribution in [1.82, 2.24) is 15.0 Å². The number of aliphatic hydroxyl groups excluding tert-OH is 2. The van der Waals surface area contributed by atoms with Crippen LogP contribution in [0.2, 0.25) is 0 Å². The van der Waals surface area contributed by atoms with Crippen LogP contribution in [0.15, 0.2) is 0 Å². The molecule has 0 bridgehead atoms. The molecule has 0 radical (unpaired) electrons. The molecule has 2 N–H and O–H groups in total. The number of hydrogen-bond donors (Lipinski definition) is 2. The summed E-state index contributed by atoms with van der Waals surface area (Å²) in [6, 6.07) is 0. The first-order valence-electron chi connectivity index (χ1n) is 3.18. The number of aromatic nitrogens is 3. The molecule has 5 heteroatoms. The van der Waals surface area contributed by atoms with Crippen molar-refractivity contribution in [3.05, 3.63) is 17.5 Å². The molecule has 0 fully saturated rings. The van der Waals surface area contributed by atoms with Crippen LogP contribution in [-0.4, -0.2) is 25.2 Å². The van der Waals surface area contributed by atoms with Crippen molar-refractivity contribution in [3.63, 3.8) is 0 Å². The predicted octanol–water partition coefficient (Wildman–Crippen LogP) is -0.835.